The Morgan fingerprint density at radius 1 is 1.35 bits per heavy atom. The average Bonchev–Trinajstić information content (AvgIpc) is 2.78. The van der Waals surface area contributed by atoms with E-state index in [1.807, 2.05) is 23.6 Å². The van der Waals surface area contributed by atoms with Crippen molar-refractivity contribution in [1.29, 1.82) is 0 Å². The van der Waals surface area contributed by atoms with Crippen LogP contribution < -0.4 is 4.74 Å². The maximum Gasteiger partial charge on any atom is 0.133 e. The van der Waals surface area contributed by atoms with Crippen molar-refractivity contribution in [2.75, 3.05) is 14.2 Å². The molecule has 5 heteroatoms. The predicted molar refractivity (Wildman–Crippen MR) is 72.5 cm³/mol. The van der Waals surface area contributed by atoms with Gasteiger partial charge in [-0.3, -0.25) is 0 Å². The fourth-order valence-electron chi connectivity index (χ4n) is 1.45. The molecule has 90 valence electrons. The van der Waals surface area contributed by atoms with E-state index in [0.29, 0.717) is 6.61 Å². The fourth-order valence-corrected chi connectivity index (χ4v) is 2.80. The Hall–Kier alpha value is -0.910. The lowest BCUT2D eigenvalue weighted by Gasteiger charge is -2.04. The molecule has 1 aromatic heterocycles. The van der Waals surface area contributed by atoms with Crippen molar-refractivity contribution < 1.29 is 9.47 Å². The molecule has 0 saturated heterocycles. The topological polar surface area (TPSA) is 31.4 Å². The fraction of sp³-hybridized carbons (Fsp3) is 0.250. The molecular weight excluding hydrogens is 302 g/mol. The molecule has 0 atom stereocenters. The third kappa shape index (κ3) is 2.86. The number of benzene rings is 1. The van der Waals surface area contributed by atoms with Crippen molar-refractivity contribution in [2.45, 2.75) is 6.61 Å². The van der Waals surface area contributed by atoms with E-state index in [-0.39, 0.29) is 0 Å². The van der Waals surface area contributed by atoms with Crippen molar-refractivity contribution in [2.24, 2.45) is 0 Å². The molecule has 0 fully saturated rings. The minimum Gasteiger partial charge on any atom is -0.496 e. The smallest absolute Gasteiger partial charge is 0.133 e. The first-order chi connectivity index (χ1) is 8.24. The van der Waals surface area contributed by atoms with E-state index in [1.54, 1.807) is 25.6 Å². The third-order valence-electron chi connectivity index (χ3n) is 2.24. The summed E-state index contributed by atoms with van der Waals surface area (Å²) in [5, 5.41) is 3.00. The maximum atomic E-state index is 5.20. The summed E-state index contributed by atoms with van der Waals surface area (Å²) >= 11 is 5.08. The van der Waals surface area contributed by atoms with Gasteiger partial charge < -0.3 is 9.47 Å². The first kappa shape index (κ1) is 12.5. The highest BCUT2D eigenvalue weighted by molar-refractivity contribution is 9.10. The van der Waals surface area contributed by atoms with Crippen LogP contribution in [0.1, 0.15) is 5.69 Å². The molecule has 0 bridgehead atoms. The zero-order valence-electron chi connectivity index (χ0n) is 9.57. The van der Waals surface area contributed by atoms with Gasteiger partial charge in [0.25, 0.3) is 0 Å². The summed E-state index contributed by atoms with van der Waals surface area (Å²) in [6, 6.07) is 5.93. The Bertz CT molecular complexity index is 513. The molecule has 0 radical (unpaired) electrons. The van der Waals surface area contributed by atoms with Gasteiger partial charge in [0.1, 0.15) is 10.8 Å². The first-order valence-electron chi connectivity index (χ1n) is 5.02. The molecule has 1 aromatic carbocycles. The predicted octanol–water partition coefficient (Wildman–Crippen LogP) is 3.73. The summed E-state index contributed by atoms with van der Waals surface area (Å²) in [4.78, 5) is 4.50. The number of rotatable bonds is 4. The van der Waals surface area contributed by atoms with E-state index >= 15 is 0 Å². The molecule has 0 spiro atoms. The number of hydrogen-bond donors (Lipinski definition) is 0. The number of nitrogens with zero attached hydrogens (tertiary/aromatic N) is 1. The van der Waals surface area contributed by atoms with Gasteiger partial charge in [-0.2, -0.15) is 0 Å². The van der Waals surface area contributed by atoms with Gasteiger partial charge in [-0.25, -0.2) is 4.98 Å². The van der Waals surface area contributed by atoms with Gasteiger partial charge in [-0.1, -0.05) is 0 Å². The van der Waals surface area contributed by atoms with Crippen LogP contribution >= 0.6 is 27.3 Å². The molecule has 1 heterocycles. The summed E-state index contributed by atoms with van der Waals surface area (Å²) < 4.78 is 11.2. The van der Waals surface area contributed by atoms with E-state index in [1.165, 1.54) is 0 Å². The molecule has 17 heavy (non-hydrogen) atoms. The molecule has 0 N–H and O–H groups in total. The van der Waals surface area contributed by atoms with Crippen LogP contribution in [0.4, 0.5) is 0 Å². The number of halogens is 1. The Morgan fingerprint density at radius 3 is 2.82 bits per heavy atom. The van der Waals surface area contributed by atoms with Gasteiger partial charge >= 0.3 is 0 Å². The standard InChI is InChI=1S/C12H12BrNO2S/c1-15-6-9-7-17-12(14-9)8-3-4-11(16-2)10(13)5-8/h3-5,7H,6H2,1-2H3. The van der Waals surface area contributed by atoms with Crippen molar-refractivity contribution in [3.8, 4) is 16.3 Å². The van der Waals surface area contributed by atoms with Crippen molar-refractivity contribution in [3.63, 3.8) is 0 Å². The second-order valence-electron chi connectivity index (χ2n) is 3.43. The molecule has 0 unspecified atom stereocenters. The summed E-state index contributed by atoms with van der Waals surface area (Å²) in [6.07, 6.45) is 0. The van der Waals surface area contributed by atoms with Crippen LogP contribution in [0.2, 0.25) is 0 Å². The first-order valence-corrected chi connectivity index (χ1v) is 6.69. The molecular formula is C12H12BrNO2S. The second-order valence-corrected chi connectivity index (χ2v) is 5.14. The molecule has 0 saturated carbocycles. The van der Waals surface area contributed by atoms with Crippen LogP contribution in [0.15, 0.2) is 28.1 Å². The molecule has 0 amide bonds. The highest BCUT2D eigenvalue weighted by Crippen LogP contribution is 2.31. The van der Waals surface area contributed by atoms with Gasteiger partial charge in [0, 0.05) is 18.1 Å². The van der Waals surface area contributed by atoms with E-state index in [2.05, 4.69) is 20.9 Å². The molecule has 2 rings (SSSR count). The summed E-state index contributed by atoms with van der Waals surface area (Å²) in [5.41, 5.74) is 2.03. The lowest BCUT2D eigenvalue weighted by Crippen LogP contribution is -1.88. The maximum absolute atomic E-state index is 5.20. The minimum atomic E-state index is 0.549. The quantitative estimate of drug-likeness (QED) is 0.862. The highest BCUT2D eigenvalue weighted by atomic mass is 79.9. The zero-order chi connectivity index (χ0) is 12.3. The zero-order valence-corrected chi connectivity index (χ0v) is 12.0. The summed E-state index contributed by atoms with van der Waals surface area (Å²) in [6.45, 7) is 0.549. The van der Waals surface area contributed by atoms with Crippen LogP contribution in [0.5, 0.6) is 5.75 Å². The number of ether oxygens (including phenoxy) is 2. The number of thiazole rings is 1. The van der Waals surface area contributed by atoms with Gasteiger partial charge in [0.15, 0.2) is 0 Å². The Kier molecular flexibility index (Phi) is 4.15. The molecule has 3 nitrogen and oxygen atoms in total. The van der Waals surface area contributed by atoms with E-state index in [9.17, 15) is 0 Å². The van der Waals surface area contributed by atoms with Crippen molar-refractivity contribution >= 4 is 27.3 Å². The Labute approximate surface area is 113 Å². The molecule has 0 aliphatic carbocycles. The normalized spacial score (nSPS) is 10.5. The van der Waals surface area contributed by atoms with E-state index in [4.69, 9.17) is 9.47 Å². The van der Waals surface area contributed by atoms with Gasteiger partial charge in [0.05, 0.1) is 23.9 Å². The van der Waals surface area contributed by atoms with Crippen LogP contribution in [0.3, 0.4) is 0 Å². The van der Waals surface area contributed by atoms with Gasteiger partial charge in [-0.15, -0.1) is 11.3 Å². The lowest BCUT2D eigenvalue weighted by molar-refractivity contribution is 0.182. The molecule has 2 aromatic rings. The summed E-state index contributed by atoms with van der Waals surface area (Å²) in [5.74, 6) is 0.822. The highest BCUT2D eigenvalue weighted by Gasteiger charge is 2.07. The van der Waals surface area contributed by atoms with Crippen LogP contribution in [-0.4, -0.2) is 19.2 Å². The van der Waals surface area contributed by atoms with E-state index < -0.39 is 0 Å². The minimum absolute atomic E-state index is 0.549. The lowest BCUT2D eigenvalue weighted by atomic mass is 10.2. The number of methoxy groups -OCH3 is 2. The second kappa shape index (κ2) is 5.62. The van der Waals surface area contributed by atoms with Crippen LogP contribution in [0.25, 0.3) is 10.6 Å². The number of hydrogen-bond acceptors (Lipinski definition) is 4. The monoisotopic (exact) mass is 313 g/mol. The summed E-state index contributed by atoms with van der Waals surface area (Å²) in [7, 11) is 3.32. The SMILES string of the molecule is COCc1csc(-c2ccc(OC)c(Br)c2)n1. The van der Waals surface area contributed by atoms with Gasteiger partial charge in [-0.05, 0) is 34.1 Å². The average molecular weight is 314 g/mol. The van der Waals surface area contributed by atoms with Crippen molar-refractivity contribution in [1.82, 2.24) is 4.98 Å². The largest absolute Gasteiger partial charge is 0.496 e. The Morgan fingerprint density at radius 2 is 2.18 bits per heavy atom. The van der Waals surface area contributed by atoms with Crippen molar-refractivity contribution in [3.05, 3.63) is 33.7 Å². The van der Waals surface area contributed by atoms with Gasteiger partial charge in [0.2, 0.25) is 0 Å². The number of aromatic nitrogens is 1. The molecule has 0 aliphatic heterocycles. The third-order valence-corrected chi connectivity index (χ3v) is 3.80. The Balaban J connectivity index is 2.29. The van der Waals surface area contributed by atoms with Crippen LogP contribution in [0, 0.1) is 0 Å². The molecule has 0 aliphatic rings. The van der Waals surface area contributed by atoms with Crippen LogP contribution in [-0.2, 0) is 11.3 Å². The van der Waals surface area contributed by atoms with E-state index in [0.717, 1.165) is 26.5 Å².